The third-order valence-electron chi connectivity index (χ3n) is 4.84. The van der Waals surface area contributed by atoms with Gasteiger partial charge in [0.2, 0.25) is 0 Å². The summed E-state index contributed by atoms with van der Waals surface area (Å²) in [6.45, 7) is 0.390. The van der Waals surface area contributed by atoms with Crippen molar-refractivity contribution in [1.29, 1.82) is 0 Å². The highest BCUT2D eigenvalue weighted by Gasteiger charge is 2.20. The van der Waals surface area contributed by atoms with E-state index in [2.05, 4.69) is 15.6 Å². The van der Waals surface area contributed by atoms with E-state index in [9.17, 15) is 14.0 Å². The molecular weight excluding hydrogens is 429 g/mol. The number of amides is 2. The molecule has 0 aliphatic rings. The number of hydrogen-bond acceptors (Lipinski definition) is 5. The number of nitrogens with one attached hydrogen (secondary N) is 2. The molecule has 4 rings (SSSR count). The molecule has 0 spiro atoms. The Balaban J connectivity index is 1.48. The van der Waals surface area contributed by atoms with Crippen molar-refractivity contribution in [2.45, 2.75) is 13.2 Å². The molecule has 0 saturated heterocycles. The SMILES string of the molecule is COCc1c(C(=O)NCc2cccc(NC(=O)c3ccncc3)c2)sc2cccc(F)c12. The Labute approximate surface area is 188 Å². The number of hydrogen-bond donors (Lipinski definition) is 2. The summed E-state index contributed by atoms with van der Waals surface area (Å²) in [6, 6.07) is 15.3. The van der Waals surface area contributed by atoms with Crippen molar-refractivity contribution in [1.82, 2.24) is 10.3 Å². The lowest BCUT2D eigenvalue weighted by Gasteiger charge is -2.09. The van der Waals surface area contributed by atoms with Crippen LogP contribution in [-0.4, -0.2) is 23.9 Å². The second-order valence-corrected chi connectivity index (χ2v) is 8.08. The molecule has 0 saturated carbocycles. The highest BCUT2D eigenvalue weighted by molar-refractivity contribution is 7.21. The van der Waals surface area contributed by atoms with Crippen LogP contribution in [0.4, 0.5) is 10.1 Å². The standard InChI is InChI=1S/C24H20FN3O3S/c1-31-14-18-21-19(25)6-3-7-20(21)32-22(18)24(30)27-13-15-4-2-5-17(12-15)28-23(29)16-8-10-26-11-9-16/h2-12H,13-14H2,1H3,(H,27,30)(H,28,29). The van der Waals surface area contributed by atoms with Crippen LogP contribution in [0.5, 0.6) is 0 Å². The number of ether oxygens (including phenoxy) is 1. The molecule has 4 aromatic rings. The average Bonchev–Trinajstić information content (AvgIpc) is 3.18. The van der Waals surface area contributed by atoms with Crippen LogP contribution < -0.4 is 10.6 Å². The van der Waals surface area contributed by atoms with E-state index >= 15 is 0 Å². The van der Waals surface area contributed by atoms with Crippen LogP contribution in [0.1, 0.15) is 31.2 Å². The number of halogens is 1. The fourth-order valence-corrected chi connectivity index (χ4v) is 4.50. The number of carbonyl (C=O) groups is 2. The first-order chi connectivity index (χ1) is 15.6. The van der Waals surface area contributed by atoms with Crippen molar-refractivity contribution in [3.8, 4) is 0 Å². The van der Waals surface area contributed by atoms with Crippen LogP contribution in [0, 0.1) is 5.82 Å². The zero-order valence-electron chi connectivity index (χ0n) is 17.2. The topological polar surface area (TPSA) is 80.3 Å². The normalized spacial score (nSPS) is 10.8. The van der Waals surface area contributed by atoms with Crippen molar-refractivity contribution in [3.05, 3.63) is 94.4 Å². The molecule has 8 heteroatoms. The molecule has 2 aromatic carbocycles. The van der Waals surface area contributed by atoms with Gasteiger partial charge < -0.3 is 15.4 Å². The molecule has 0 fully saturated rings. The number of methoxy groups -OCH3 is 1. The number of benzene rings is 2. The van der Waals surface area contributed by atoms with Crippen molar-refractivity contribution in [3.63, 3.8) is 0 Å². The zero-order chi connectivity index (χ0) is 22.5. The van der Waals surface area contributed by atoms with Gasteiger partial charge in [-0.05, 0) is 42.0 Å². The van der Waals surface area contributed by atoms with Gasteiger partial charge in [-0.25, -0.2) is 4.39 Å². The maximum Gasteiger partial charge on any atom is 0.262 e. The van der Waals surface area contributed by atoms with Crippen LogP contribution in [-0.2, 0) is 17.9 Å². The fraction of sp³-hybridized carbons (Fsp3) is 0.125. The molecule has 0 unspecified atom stereocenters. The number of thiophene rings is 1. The third kappa shape index (κ3) is 4.66. The summed E-state index contributed by atoms with van der Waals surface area (Å²) in [5.41, 5.74) is 2.47. The maximum atomic E-state index is 14.4. The third-order valence-corrected chi connectivity index (χ3v) is 6.03. The molecular formula is C24H20FN3O3S. The van der Waals surface area contributed by atoms with Crippen molar-refractivity contribution >= 4 is 38.9 Å². The smallest absolute Gasteiger partial charge is 0.262 e. The van der Waals surface area contributed by atoms with E-state index < -0.39 is 0 Å². The Bertz CT molecular complexity index is 1270. The molecule has 6 nitrogen and oxygen atoms in total. The van der Waals surface area contributed by atoms with E-state index in [4.69, 9.17) is 4.74 Å². The summed E-state index contributed by atoms with van der Waals surface area (Å²) in [5, 5.41) is 6.13. The second kappa shape index (κ2) is 9.67. The van der Waals surface area contributed by atoms with Crippen LogP contribution >= 0.6 is 11.3 Å². The lowest BCUT2D eigenvalue weighted by Crippen LogP contribution is -2.23. The number of nitrogens with zero attached hydrogens (tertiary/aromatic N) is 1. The minimum atomic E-state index is -0.373. The summed E-state index contributed by atoms with van der Waals surface area (Å²) >= 11 is 1.24. The van der Waals surface area contributed by atoms with Gasteiger partial charge in [0, 0.05) is 52.9 Å². The zero-order valence-corrected chi connectivity index (χ0v) is 18.0. The van der Waals surface area contributed by atoms with Gasteiger partial charge in [0.05, 0.1) is 11.5 Å². The first-order valence-electron chi connectivity index (χ1n) is 9.84. The lowest BCUT2D eigenvalue weighted by atomic mass is 10.1. The van der Waals surface area contributed by atoms with E-state index in [0.29, 0.717) is 31.8 Å². The molecule has 32 heavy (non-hydrogen) atoms. The summed E-state index contributed by atoms with van der Waals surface area (Å²) < 4.78 is 20.3. The summed E-state index contributed by atoms with van der Waals surface area (Å²) in [6.07, 6.45) is 3.11. The molecule has 2 aromatic heterocycles. The number of carbonyl (C=O) groups excluding carboxylic acids is 2. The molecule has 2 heterocycles. The summed E-state index contributed by atoms with van der Waals surface area (Å²) in [7, 11) is 1.51. The van der Waals surface area contributed by atoms with E-state index in [1.165, 1.54) is 24.5 Å². The molecule has 0 aliphatic heterocycles. The van der Waals surface area contributed by atoms with Gasteiger partial charge in [0.25, 0.3) is 11.8 Å². The highest BCUT2D eigenvalue weighted by atomic mass is 32.1. The number of pyridine rings is 1. The minimum Gasteiger partial charge on any atom is -0.380 e. The molecule has 162 valence electrons. The lowest BCUT2D eigenvalue weighted by molar-refractivity contribution is 0.0949. The predicted octanol–water partition coefficient (Wildman–Crippen LogP) is 4.76. The van der Waals surface area contributed by atoms with E-state index in [-0.39, 0.29) is 30.8 Å². The van der Waals surface area contributed by atoms with Gasteiger partial charge >= 0.3 is 0 Å². The first kappa shape index (κ1) is 21.6. The molecule has 2 N–H and O–H groups in total. The molecule has 0 aliphatic carbocycles. The van der Waals surface area contributed by atoms with Gasteiger partial charge in [-0.15, -0.1) is 11.3 Å². The Morgan fingerprint density at radius 1 is 1.06 bits per heavy atom. The molecule has 0 bridgehead atoms. The second-order valence-electron chi connectivity index (χ2n) is 7.03. The number of anilines is 1. The Hall–Kier alpha value is -3.62. The summed E-state index contributed by atoms with van der Waals surface area (Å²) in [4.78, 5) is 29.6. The monoisotopic (exact) mass is 449 g/mol. The fourth-order valence-electron chi connectivity index (χ4n) is 3.36. The van der Waals surface area contributed by atoms with E-state index in [0.717, 1.165) is 5.56 Å². The number of fused-ring (bicyclic) bond motifs is 1. The Morgan fingerprint density at radius 3 is 2.62 bits per heavy atom. The number of rotatable bonds is 7. The van der Waals surface area contributed by atoms with Crippen LogP contribution in [0.2, 0.25) is 0 Å². The van der Waals surface area contributed by atoms with Crippen LogP contribution in [0.3, 0.4) is 0 Å². The molecule has 0 radical (unpaired) electrons. The van der Waals surface area contributed by atoms with Crippen molar-refractivity contribution in [2.75, 3.05) is 12.4 Å². The summed E-state index contributed by atoms with van der Waals surface area (Å²) in [5.74, 6) is -0.920. The number of aromatic nitrogens is 1. The highest BCUT2D eigenvalue weighted by Crippen LogP contribution is 2.33. The van der Waals surface area contributed by atoms with Crippen LogP contribution in [0.25, 0.3) is 10.1 Å². The van der Waals surface area contributed by atoms with E-state index in [1.54, 1.807) is 54.9 Å². The van der Waals surface area contributed by atoms with Gasteiger partial charge in [0.15, 0.2) is 0 Å². The Kier molecular flexibility index (Phi) is 6.53. The van der Waals surface area contributed by atoms with Crippen LogP contribution in [0.15, 0.2) is 67.0 Å². The minimum absolute atomic E-state index is 0.139. The maximum absolute atomic E-state index is 14.4. The van der Waals surface area contributed by atoms with E-state index in [1.807, 2.05) is 6.07 Å². The average molecular weight is 450 g/mol. The van der Waals surface area contributed by atoms with Gasteiger partial charge in [-0.3, -0.25) is 14.6 Å². The van der Waals surface area contributed by atoms with Gasteiger partial charge in [-0.2, -0.15) is 0 Å². The van der Waals surface area contributed by atoms with Gasteiger partial charge in [0.1, 0.15) is 5.82 Å². The van der Waals surface area contributed by atoms with Crippen molar-refractivity contribution < 1.29 is 18.7 Å². The Morgan fingerprint density at radius 2 is 1.84 bits per heavy atom. The van der Waals surface area contributed by atoms with Gasteiger partial charge in [-0.1, -0.05) is 18.2 Å². The largest absolute Gasteiger partial charge is 0.380 e. The van der Waals surface area contributed by atoms with Crippen molar-refractivity contribution in [2.24, 2.45) is 0 Å². The molecule has 0 atom stereocenters. The molecule has 2 amide bonds. The predicted molar refractivity (Wildman–Crippen MR) is 122 cm³/mol. The first-order valence-corrected chi connectivity index (χ1v) is 10.7. The quantitative estimate of drug-likeness (QED) is 0.426.